The minimum absolute atomic E-state index is 0.480. The number of ether oxygens (including phenoxy) is 2. The standard InChI is InChI=1S/C37H66O3/c1-3-5-7-9-11-13-15-17-19-21-23-25-27-29-31-33-35-39-37(38)40-36-34-32-30-28-26-24-22-20-18-16-14-12-10-8-6-4-2/h9,11,13,15,17-20H,3-8,10,12,14,16,21-36H2,1-2H3/b11-9?,15-13?,19-17?,20-18-. The summed E-state index contributed by atoms with van der Waals surface area (Å²) in [6.45, 7) is 5.46. The third-order valence-electron chi connectivity index (χ3n) is 7.19. The molecule has 0 spiro atoms. The summed E-state index contributed by atoms with van der Waals surface area (Å²) in [4.78, 5) is 11.7. The zero-order chi connectivity index (χ0) is 29.0. The molecule has 0 amide bonds. The van der Waals surface area contributed by atoms with Crippen molar-refractivity contribution in [2.75, 3.05) is 13.2 Å². The molecule has 0 aliphatic heterocycles. The maximum atomic E-state index is 11.7. The summed E-state index contributed by atoms with van der Waals surface area (Å²) < 4.78 is 10.4. The van der Waals surface area contributed by atoms with E-state index in [-0.39, 0.29) is 0 Å². The Labute approximate surface area is 250 Å². The maximum absolute atomic E-state index is 11.7. The van der Waals surface area contributed by atoms with Crippen LogP contribution < -0.4 is 0 Å². The van der Waals surface area contributed by atoms with E-state index in [1.54, 1.807) is 0 Å². The van der Waals surface area contributed by atoms with Gasteiger partial charge in [0.25, 0.3) is 0 Å². The minimum Gasteiger partial charge on any atom is -0.434 e. The Hall–Kier alpha value is -1.77. The van der Waals surface area contributed by atoms with Gasteiger partial charge in [0, 0.05) is 0 Å². The van der Waals surface area contributed by atoms with Crippen molar-refractivity contribution in [1.29, 1.82) is 0 Å². The average molecular weight is 559 g/mol. The minimum atomic E-state index is -0.495. The molecule has 0 aromatic rings. The Morgan fingerprint density at radius 1 is 0.400 bits per heavy atom. The molecule has 232 valence electrons. The topological polar surface area (TPSA) is 35.5 Å². The molecule has 0 aliphatic rings. The summed E-state index contributed by atoms with van der Waals surface area (Å²) in [5.74, 6) is 0. The first-order chi connectivity index (χ1) is 19.8. The highest BCUT2D eigenvalue weighted by Gasteiger charge is 2.03. The van der Waals surface area contributed by atoms with Crippen LogP contribution in [0.15, 0.2) is 48.6 Å². The number of hydrogen-bond acceptors (Lipinski definition) is 3. The van der Waals surface area contributed by atoms with E-state index in [9.17, 15) is 4.79 Å². The van der Waals surface area contributed by atoms with E-state index in [1.807, 2.05) is 0 Å². The van der Waals surface area contributed by atoms with Crippen LogP contribution in [0.4, 0.5) is 4.79 Å². The molecule has 0 radical (unpaired) electrons. The van der Waals surface area contributed by atoms with Crippen LogP contribution in [0.2, 0.25) is 0 Å². The van der Waals surface area contributed by atoms with Gasteiger partial charge in [0.2, 0.25) is 0 Å². The lowest BCUT2D eigenvalue weighted by atomic mass is 10.1. The summed E-state index contributed by atoms with van der Waals surface area (Å²) in [5.41, 5.74) is 0. The van der Waals surface area contributed by atoms with E-state index in [1.165, 1.54) is 122 Å². The second-order valence-electron chi connectivity index (χ2n) is 11.2. The Balaban J connectivity index is 3.28. The first-order valence-corrected chi connectivity index (χ1v) is 17.2. The second kappa shape index (κ2) is 35.3. The average Bonchev–Trinajstić information content (AvgIpc) is 2.96. The summed E-state index contributed by atoms with van der Waals surface area (Å²) in [7, 11) is 0. The van der Waals surface area contributed by atoms with Crippen molar-refractivity contribution >= 4 is 6.16 Å². The van der Waals surface area contributed by atoms with Crippen molar-refractivity contribution in [1.82, 2.24) is 0 Å². The van der Waals surface area contributed by atoms with Crippen molar-refractivity contribution in [2.24, 2.45) is 0 Å². The Morgan fingerprint density at radius 2 is 0.750 bits per heavy atom. The zero-order valence-electron chi connectivity index (χ0n) is 26.7. The molecule has 0 N–H and O–H groups in total. The molecule has 0 saturated carbocycles. The molecule has 0 heterocycles. The lowest BCUT2D eigenvalue weighted by molar-refractivity contribution is 0.0529. The van der Waals surface area contributed by atoms with E-state index in [2.05, 4.69) is 62.5 Å². The lowest BCUT2D eigenvalue weighted by Crippen LogP contribution is -2.09. The predicted molar refractivity (Wildman–Crippen MR) is 176 cm³/mol. The molecular formula is C37H66O3. The van der Waals surface area contributed by atoms with Crippen molar-refractivity contribution in [3.8, 4) is 0 Å². The number of unbranched alkanes of at least 4 members (excludes halogenated alkanes) is 20. The van der Waals surface area contributed by atoms with Gasteiger partial charge in [-0.2, -0.15) is 0 Å². The van der Waals surface area contributed by atoms with Crippen LogP contribution in [0.5, 0.6) is 0 Å². The molecule has 0 rings (SSSR count). The highest BCUT2D eigenvalue weighted by Crippen LogP contribution is 2.11. The van der Waals surface area contributed by atoms with Gasteiger partial charge in [-0.25, -0.2) is 4.79 Å². The molecule has 0 aromatic heterocycles. The SMILES string of the molecule is CCCCC=CC=CC=CCCCCCCCCOC(=O)OCCCCCCCC/C=C\CCCCCCCC. The Morgan fingerprint density at radius 3 is 1.20 bits per heavy atom. The fourth-order valence-electron chi connectivity index (χ4n) is 4.57. The van der Waals surface area contributed by atoms with Gasteiger partial charge in [-0.15, -0.1) is 0 Å². The summed E-state index contributed by atoms with van der Waals surface area (Å²) >= 11 is 0. The first kappa shape index (κ1) is 38.2. The number of hydrogen-bond donors (Lipinski definition) is 0. The monoisotopic (exact) mass is 559 g/mol. The molecule has 3 nitrogen and oxygen atoms in total. The molecule has 0 unspecified atom stereocenters. The maximum Gasteiger partial charge on any atom is 0.508 e. The molecule has 0 atom stereocenters. The highest BCUT2D eigenvalue weighted by molar-refractivity contribution is 5.59. The Bertz CT molecular complexity index is 617. The van der Waals surface area contributed by atoms with Crippen LogP contribution in [0, 0.1) is 0 Å². The van der Waals surface area contributed by atoms with Gasteiger partial charge >= 0.3 is 6.16 Å². The number of carbonyl (C=O) groups excluding carboxylic acids is 1. The largest absolute Gasteiger partial charge is 0.508 e. The van der Waals surface area contributed by atoms with E-state index in [4.69, 9.17) is 9.47 Å². The van der Waals surface area contributed by atoms with Crippen molar-refractivity contribution in [3.63, 3.8) is 0 Å². The van der Waals surface area contributed by atoms with Gasteiger partial charge in [0.05, 0.1) is 13.2 Å². The van der Waals surface area contributed by atoms with Crippen LogP contribution in [0.25, 0.3) is 0 Å². The van der Waals surface area contributed by atoms with Gasteiger partial charge in [-0.3, -0.25) is 0 Å². The van der Waals surface area contributed by atoms with Crippen molar-refractivity contribution in [3.05, 3.63) is 48.6 Å². The molecular weight excluding hydrogens is 492 g/mol. The fourth-order valence-corrected chi connectivity index (χ4v) is 4.57. The molecule has 3 heteroatoms. The summed E-state index contributed by atoms with van der Waals surface area (Å²) in [5, 5.41) is 0. The molecule has 0 fully saturated rings. The molecule has 0 aliphatic carbocycles. The van der Waals surface area contributed by atoms with Crippen LogP contribution in [-0.2, 0) is 9.47 Å². The van der Waals surface area contributed by atoms with Crippen molar-refractivity contribution in [2.45, 2.75) is 168 Å². The quantitative estimate of drug-likeness (QED) is 0.0380. The number of allylic oxidation sites excluding steroid dienone is 8. The molecule has 0 bridgehead atoms. The van der Waals surface area contributed by atoms with Crippen LogP contribution >= 0.6 is 0 Å². The zero-order valence-corrected chi connectivity index (χ0v) is 26.7. The van der Waals surface area contributed by atoms with Gasteiger partial charge in [0.15, 0.2) is 0 Å². The third-order valence-corrected chi connectivity index (χ3v) is 7.19. The van der Waals surface area contributed by atoms with Gasteiger partial charge < -0.3 is 9.47 Å². The van der Waals surface area contributed by atoms with Gasteiger partial charge in [0.1, 0.15) is 0 Å². The second-order valence-corrected chi connectivity index (χ2v) is 11.2. The van der Waals surface area contributed by atoms with E-state index >= 15 is 0 Å². The van der Waals surface area contributed by atoms with Gasteiger partial charge in [-0.1, -0.05) is 159 Å². The number of carbonyl (C=O) groups is 1. The first-order valence-electron chi connectivity index (χ1n) is 17.2. The van der Waals surface area contributed by atoms with Crippen LogP contribution in [-0.4, -0.2) is 19.4 Å². The predicted octanol–water partition coefficient (Wildman–Crippen LogP) is 12.8. The van der Waals surface area contributed by atoms with E-state index in [0.717, 1.165) is 32.1 Å². The molecule has 40 heavy (non-hydrogen) atoms. The molecule has 0 saturated heterocycles. The van der Waals surface area contributed by atoms with Crippen molar-refractivity contribution < 1.29 is 14.3 Å². The van der Waals surface area contributed by atoms with E-state index in [0.29, 0.717) is 13.2 Å². The molecule has 0 aromatic carbocycles. The fraction of sp³-hybridized carbons (Fsp3) is 0.757. The normalized spacial score (nSPS) is 12.1. The van der Waals surface area contributed by atoms with Crippen LogP contribution in [0.1, 0.15) is 168 Å². The summed E-state index contributed by atoms with van der Waals surface area (Å²) in [6, 6.07) is 0. The smallest absolute Gasteiger partial charge is 0.434 e. The van der Waals surface area contributed by atoms with Crippen LogP contribution in [0.3, 0.4) is 0 Å². The Kier molecular flexibility index (Phi) is 33.7. The highest BCUT2D eigenvalue weighted by atomic mass is 16.7. The van der Waals surface area contributed by atoms with E-state index < -0.39 is 6.16 Å². The number of rotatable bonds is 30. The van der Waals surface area contributed by atoms with Gasteiger partial charge in [-0.05, 0) is 57.8 Å². The summed E-state index contributed by atoms with van der Waals surface area (Å²) in [6.07, 6.45) is 47.1. The lowest BCUT2D eigenvalue weighted by Gasteiger charge is -2.06. The third kappa shape index (κ3) is 34.3.